The van der Waals surface area contributed by atoms with Crippen LogP contribution in [0.4, 0.5) is 5.69 Å². The van der Waals surface area contributed by atoms with Gasteiger partial charge in [-0.3, -0.25) is 9.69 Å². The van der Waals surface area contributed by atoms with Gasteiger partial charge in [0.1, 0.15) is 12.4 Å². The molecule has 1 saturated heterocycles. The van der Waals surface area contributed by atoms with Crippen LogP contribution < -0.4 is 10.1 Å². The van der Waals surface area contributed by atoms with Crippen molar-refractivity contribution in [3.63, 3.8) is 0 Å². The molecule has 0 atom stereocenters. The summed E-state index contributed by atoms with van der Waals surface area (Å²) in [6.07, 6.45) is 3.73. The molecule has 1 amide bonds. The number of hydrogen-bond donors (Lipinski definition) is 1. The van der Waals surface area contributed by atoms with Crippen molar-refractivity contribution in [2.24, 2.45) is 0 Å². The van der Waals surface area contributed by atoms with E-state index in [1.165, 1.54) is 0 Å². The van der Waals surface area contributed by atoms with Crippen LogP contribution in [-0.2, 0) is 4.79 Å². The molecule has 1 aliphatic heterocycles. The van der Waals surface area contributed by atoms with Crippen molar-refractivity contribution in [1.29, 1.82) is 0 Å². The van der Waals surface area contributed by atoms with Gasteiger partial charge in [0, 0.05) is 39.1 Å². The monoisotopic (exact) mass is 333 g/mol. The topological polar surface area (TPSA) is 44.8 Å². The summed E-state index contributed by atoms with van der Waals surface area (Å²) in [5.74, 6) is 0.828. The summed E-state index contributed by atoms with van der Waals surface area (Å²) in [6.45, 7) is 8.13. The summed E-state index contributed by atoms with van der Waals surface area (Å²) in [6, 6.07) is 7.70. The second-order valence-corrected chi connectivity index (χ2v) is 6.49. The number of rotatable bonds is 9. The Morgan fingerprint density at radius 3 is 2.67 bits per heavy atom. The molecule has 1 fully saturated rings. The highest BCUT2D eigenvalue weighted by Crippen LogP contribution is 2.24. The standard InChI is InChI=1S/C19H31N3O2/c1-3-4-5-10-19(23)20-17-8-6-7-9-18(17)24-16-15-22-13-11-21(2)12-14-22/h6-9H,3-5,10-16H2,1-2H3,(H,20,23). The molecule has 5 nitrogen and oxygen atoms in total. The number of carbonyl (C=O) groups excluding carboxylic acids is 1. The maximum absolute atomic E-state index is 12.0. The largest absolute Gasteiger partial charge is 0.490 e. The van der Waals surface area contributed by atoms with Gasteiger partial charge in [0.15, 0.2) is 0 Å². The van der Waals surface area contributed by atoms with Gasteiger partial charge in [-0.2, -0.15) is 0 Å². The third-order valence-electron chi connectivity index (χ3n) is 4.43. The first kappa shape index (κ1) is 18.7. The van der Waals surface area contributed by atoms with Gasteiger partial charge in [-0.15, -0.1) is 0 Å². The number of hydrogen-bond acceptors (Lipinski definition) is 4. The Labute approximate surface area is 146 Å². The van der Waals surface area contributed by atoms with E-state index >= 15 is 0 Å². The second kappa shape index (κ2) is 10.3. The Hall–Kier alpha value is -1.59. The molecule has 0 spiro atoms. The third-order valence-corrected chi connectivity index (χ3v) is 4.43. The minimum absolute atomic E-state index is 0.0681. The summed E-state index contributed by atoms with van der Waals surface area (Å²) >= 11 is 0. The zero-order valence-electron chi connectivity index (χ0n) is 15.1. The van der Waals surface area contributed by atoms with Crippen molar-refractivity contribution < 1.29 is 9.53 Å². The Balaban J connectivity index is 1.77. The highest BCUT2D eigenvalue weighted by atomic mass is 16.5. The number of nitrogens with zero attached hydrogens (tertiary/aromatic N) is 2. The average Bonchev–Trinajstić information content (AvgIpc) is 2.58. The summed E-state index contributed by atoms with van der Waals surface area (Å²) in [7, 11) is 2.16. The van der Waals surface area contributed by atoms with E-state index in [0.29, 0.717) is 13.0 Å². The summed E-state index contributed by atoms with van der Waals surface area (Å²) in [5.41, 5.74) is 0.775. The Kier molecular flexibility index (Phi) is 8.05. The van der Waals surface area contributed by atoms with Gasteiger partial charge in [-0.25, -0.2) is 0 Å². The normalized spacial score (nSPS) is 16.1. The van der Waals surface area contributed by atoms with Crippen molar-refractivity contribution in [2.45, 2.75) is 32.6 Å². The van der Waals surface area contributed by atoms with Gasteiger partial charge >= 0.3 is 0 Å². The number of unbranched alkanes of at least 4 members (excludes halogenated alkanes) is 2. The van der Waals surface area contributed by atoms with Crippen LogP contribution in [0.3, 0.4) is 0 Å². The van der Waals surface area contributed by atoms with Crippen LogP contribution in [-0.4, -0.2) is 62.1 Å². The van der Waals surface area contributed by atoms with Crippen molar-refractivity contribution in [2.75, 3.05) is 51.7 Å². The molecule has 0 saturated carbocycles. The molecule has 0 aromatic heterocycles. The van der Waals surface area contributed by atoms with Gasteiger partial charge in [-0.05, 0) is 25.6 Å². The van der Waals surface area contributed by atoms with E-state index in [9.17, 15) is 4.79 Å². The van der Waals surface area contributed by atoms with Crippen molar-refractivity contribution in [3.8, 4) is 5.75 Å². The highest BCUT2D eigenvalue weighted by molar-refractivity contribution is 5.92. The summed E-state index contributed by atoms with van der Waals surface area (Å²) in [4.78, 5) is 16.8. The minimum Gasteiger partial charge on any atom is -0.490 e. The molecular weight excluding hydrogens is 302 g/mol. The molecular formula is C19H31N3O2. The molecule has 1 N–H and O–H groups in total. The van der Waals surface area contributed by atoms with Crippen molar-refractivity contribution >= 4 is 11.6 Å². The SMILES string of the molecule is CCCCCC(=O)Nc1ccccc1OCCN1CCN(C)CC1. The lowest BCUT2D eigenvalue weighted by Crippen LogP contribution is -2.45. The first-order valence-corrected chi connectivity index (χ1v) is 9.11. The second-order valence-electron chi connectivity index (χ2n) is 6.49. The smallest absolute Gasteiger partial charge is 0.224 e. The number of likely N-dealkylation sites (N-methyl/N-ethyl adjacent to an activating group) is 1. The van der Waals surface area contributed by atoms with Gasteiger partial charge in [-0.1, -0.05) is 31.9 Å². The average molecular weight is 333 g/mol. The van der Waals surface area contributed by atoms with Crippen LogP contribution in [0, 0.1) is 0 Å². The van der Waals surface area contributed by atoms with Gasteiger partial charge in [0.2, 0.25) is 5.91 Å². The maximum atomic E-state index is 12.0. The lowest BCUT2D eigenvalue weighted by atomic mass is 10.2. The van der Waals surface area contributed by atoms with Crippen LogP contribution in [0.1, 0.15) is 32.6 Å². The zero-order valence-corrected chi connectivity index (χ0v) is 15.1. The number of benzene rings is 1. The number of carbonyl (C=O) groups is 1. The van der Waals surface area contributed by atoms with Crippen LogP contribution in [0.15, 0.2) is 24.3 Å². The Morgan fingerprint density at radius 1 is 1.17 bits per heavy atom. The van der Waals surface area contributed by atoms with E-state index in [2.05, 4.69) is 29.1 Å². The highest BCUT2D eigenvalue weighted by Gasteiger charge is 2.14. The molecule has 1 aliphatic rings. The number of amides is 1. The van der Waals surface area contributed by atoms with Crippen molar-refractivity contribution in [3.05, 3.63) is 24.3 Å². The molecule has 0 aliphatic carbocycles. The van der Waals surface area contributed by atoms with Crippen LogP contribution >= 0.6 is 0 Å². The van der Waals surface area contributed by atoms with E-state index in [1.807, 2.05) is 24.3 Å². The number of anilines is 1. The molecule has 1 aromatic carbocycles. The fourth-order valence-corrected chi connectivity index (χ4v) is 2.80. The van der Waals surface area contributed by atoms with Crippen LogP contribution in [0.2, 0.25) is 0 Å². The first-order chi connectivity index (χ1) is 11.7. The van der Waals surface area contributed by atoms with E-state index in [0.717, 1.165) is 63.4 Å². The fraction of sp³-hybridized carbons (Fsp3) is 0.632. The summed E-state index contributed by atoms with van der Waals surface area (Å²) in [5, 5.41) is 2.98. The molecule has 0 radical (unpaired) electrons. The Bertz CT molecular complexity index is 499. The quantitative estimate of drug-likeness (QED) is 0.706. The van der Waals surface area contributed by atoms with E-state index in [-0.39, 0.29) is 5.91 Å². The van der Waals surface area contributed by atoms with Gasteiger partial charge in [0.25, 0.3) is 0 Å². The molecule has 1 aromatic rings. The zero-order chi connectivity index (χ0) is 17.2. The molecule has 5 heteroatoms. The molecule has 0 unspecified atom stereocenters. The Morgan fingerprint density at radius 2 is 1.92 bits per heavy atom. The number of ether oxygens (including phenoxy) is 1. The van der Waals surface area contributed by atoms with Crippen molar-refractivity contribution in [1.82, 2.24) is 9.80 Å². The van der Waals surface area contributed by atoms with Gasteiger partial charge in [0.05, 0.1) is 5.69 Å². The fourth-order valence-electron chi connectivity index (χ4n) is 2.80. The molecule has 2 rings (SSSR count). The predicted molar refractivity (Wildman–Crippen MR) is 98.6 cm³/mol. The molecule has 134 valence electrons. The minimum atomic E-state index is 0.0681. The number of para-hydroxylation sites is 2. The lowest BCUT2D eigenvalue weighted by Gasteiger charge is -2.32. The predicted octanol–water partition coefficient (Wildman–Crippen LogP) is 2.83. The van der Waals surface area contributed by atoms with Crippen LogP contribution in [0.25, 0.3) is 0 Å². The van der Waals surface area contributed by atoms with E-state index in [1.54, 1.807) is 0 Å². The van der Waals surface area contributed by atoms with E-state index in [4.69, 9.17) is 4.74 Å². The third kappa shape index (κ3) is 6.49. The number of piperazine rings is 1. The first-order valence-electron chi connectivity index (χ1n) is 9.11. The lowest BCUT2D eigenvalue weighted by molar-refractivity contribution is -0.116. The molecule has 1 heterocycles. The van der Waals surface area contributed by atoms with E-state index < -0.39 is 0 Å². The summed E-state index contributed by atoms with van der Waals surface area (Å²) < 4.78 is 5.92. The van der Waals surface area contributed by atoms with Crippen LogP contribution in [0.5, 0.6) is 5.75 Å². The number of nitrogens with one attached hydrogen (secondary N) is 1. The molecule has 24 heavy (non-hydrogen) atoms. The maximum Gasteiger partial charge on any atom is 0.224 e. The molecule has 0 bridgehead atoms. The van der Waals surface area contributed by atoms with Gasteiger partial charge < -0.3 is 15.0 Å².